The molecule has 0 aromatic heterocycles. The van der Waals surface area contributed by atoms with Crippen molar-refractivity contribution >= 4 is 6.41 Å². The average molecular weight is 389 g/mol. The quantitative estimate of drug-likeness (QED) is 0.584. The molecule has 3 heteroatoms. The summed E-state index contributed by atoms with van der Waals surface area (Å²) < 4.78 is 0. The Morgan fingerprint density at radius 3 is 2.39 bits per heavy atom. The number of carbonyl (C=O) groups excluding carboxylic acids is 1. The molecule has 2 unspecified atom stereocenters. The van der Waals surface area contributed by atoms with E-state index in [4.69, 9.17) is 0 Å². The maximum absolute atomic E-state index is 12.0. The van der Waals surface area contributed by atoms with Gasteiger partial charge in [0.15, 0.2) is 0 Å². The third-order valence-corrected chi connectivity index (χ3v) is 10.1. The molecule has 28 heavy (non-hydrogen) atoms. The lowest BCUT2D eigenvalue weighted by atomic mass is 9.45. The fourth-order valence-electron chi connectivity index (χ4n) is 8.66. The molecule has 0 aromatic carbocycles. The van der Waals surface area contributed by atoms with Gasteiger partial charge in [0, 0.05) is 12.6 Å². The zero-order chi connectivity index (χ0) is 19.9. The van der Waals surface area contributed by atoms with Crippen LogP contribution in [0.1, 0.15) is 84.5 Å². The van der Waals surface area contributed by atoms with Crippen LogP contribution in [0.15, 0.2) is 0 Å². The van der Waals surface area contributed by atoms with Gasteiger partial charge in [-0.15, -0.1) is 0 Å². The lowest BCUT2D eigenvalue weighted by Crippen LogP contribution is -2.55. The molecule has 0 spiro atoms. The van der Waals surface area contributed by atoms with E-state index >= 15 is 0 Å². The fourth-order valence-corrected chi connectivity index (χ4v) is 8.66. The second-order valence-electron chi connectivity index (χ2n) is 11.5. The Bertz CT molecular complexity index is 563. The van der Waals surface area contributed by atoms with E-state index < -0.39 is 0 Å². The number of carbonyl (C=O) groups is 1. The summed E-state index contributed by atoms with van der Waals surface area (Å²) in [4.78, 5) is 16.5. The maximum atomic E-state index is 12.0. The van der Waals surface area contributed by atoms with Gasteiger partial charge in [0.25, 0.3) is 0 Å². The van der Waals surface area contributed by atoms with Gasteiger partial charge in [-0.2, -0.15) is 0 Å². The highest BCUT2D eigenvalue weighted by Gasteiger charge is 2.60. The van der Waals surface area contributed by atoms with Crippen molar-refractivity contribution in [1.82, 2.24) is 9.80 Å². The van der Waals surface area contributed by atoms with Crippen LogP contribution >= 0.6 is 0 Å². The molecule has 0 bridgehead atoms. The van der Waals surface area contributed by atoms with E-state index in [0.29, 0.717) is 16.9 Å². The van der Waals surface area contributed by atoms with Gasteiger partial charge >= 0.3 is 0 Å². The second-order valence-corrected chi connectivity index (χ2v) is 11.5. The molecule has 4 aliphatic carbocycles. The van der Waals surface area contributed by atoms with Crippen LogP contribution in [0.4, 0.5) is 0 Å². The lowest BCUT2D eigenvalue weighted by molar-refractivity contribution is -0.131. The Kier molecular flexibility index (Phi) is 5.86. The number of fused-ring (bicyclic) bond motifs is 5. The van der Waals surface area contributed by atoms with Gasteiger partial charge in [-0.05, 0) is 113 Å². The minimum absolute atomic E-state index is 0.359. The molecule has 0 aromatic rings. The Hall–Kier alpha value is -0.570. The van der Waals surface area contributed by atoms with Crippen LogP contribution in [0.25, 0.3) is 0 Å². The summed E-state index contributed by atoms with van der Waals surface area (Å²) in [6.07, 6.45) is 16.5. The SMILES string of the molecule is CN(C)CCCN(C=O)C1CC[C@H]2[C@@H]3CCC4CCCC[C@]4(C)[C@@H]3CC[C@]12C. The zero-order valence-corrected chi connectivity index (χ0v) is 19.0. The molecule has 160 valence electrons. The molecule has 0 aliphatic heterocycles. The Morgan fingerprint density at radius 2 is 1.64 bits per heavy atom. The minimum atomic E-state index is 0.359. The molecular weight excluding hydrogens is 344 g/mol. The number of amides is 1. The van der Waals surface area contributed by atoms with Crippen molar-refractivity contribution in [3.05, 3.63) is 0 Å². The number of rotatable bonds is 6. The Balaban J connectivity index is 1.49. The topological polar surface area (TPSA) is 23.6 Å². The molecule has 0 N–H and O–H groups in total. The van der Waals surface area contributed by atoms with Gasteiger partial charge in [-0.3, -0.25) is 4.79 Å². The molecule has 4 aliphatic rings. The summed E-state index contributed by atoms with van der Waals surface area (Å²) in [5.41, 5.74) is 0.981. The molecule has 4 rings (SSSR count). The van der Waals surface area contributed by atoms with Crippen LogP contribution in [0.5, 0.6) is 0 Å². The zero-order valence-electron chi connectivity index (χ0n) is 19.0. The fraction of sp³-hybridized carbons (Fsp3) is 0.960. The standard InChI is InChI=1S/C25H44N2O/c1-24-14-6-5-8-19(24)9-10-20-21-11-12-23(25(21,2)15-13-22(20)24)27(18-28)17-7-16-26(3)4/h18-23H,5-17H2,1-4H3/t19?,20-,21-,22+,23?,24-,25-/m0/s1. The van der Waals surface area contributed by atoms with Crippen molar-refractivity contribution in [2.75, 3.05) is 27.2 Å². The summed E-state index contributed by atoms with van der Waals surface area (Å²) in [5.74, 6) is 3.74. The number of hydrogen-bond acceptors (Lipinski definition) is 2. The molecule has 0 heterocycles. The van der Waals surface area contributed by atoms with E-state index in [2.05, 4.69) is 37.7 Å². The molecule has 0 radical (unpaired) electrons. The molecule has 0 saturated heterocycles. The molecule has 7 atom stereocenters. The van der Waals surface area contributed by atoms with Crippen LogP contribution in [-0.4, -0.2) is 49.4 Å². The lowest BCUT2D eigenvalue weighted by Gasteiger charge is -2.60. The van der Waals surface area contributed by atoms with Crippen LogP contribution in [0.3, 0.4) is 0 Å². The molecule has 3 nitrogen and oxygen atoms in total. The number of nitrogens with zero attached hydrogens (tertiary/aromatic N) is 2. The van der Waals surface area contributed by atoms with Crippen LogP contribution in [0, 0.1) is 34.5 Å². The van der Waals surface area contributed by atoms with Gasteiger partial charge < -0.3 is 9.80 Å². The summed E-state index contributed by atoms with van der Waals surface area (Å²) in [6, 6.07) is 0.481. The van der Waals surface area contributed by atoms with Gasteiger partial charge in [0.1, 0.15) is 0 Å². The summed E-state index contributed by atoms with van der Waals surface area (Å²) in [6.45, 7) is 7.23. The summed E-state index contributed by atoms with van der Waals surface area (Å²) in [7, 11) is 4.25. The minimum Gasteiger partial charge on any atom is -0.342 e. The first kappa shape index (κ1) is 20.7. The molecule has 4 fully saturated rings. The predicted octanol–water partition coefficient (Wildman–Crippen LogP) is 5.20. The van der Waals surface area contributed by atoms with E-state index in [-0.39, 0.29) is 0 Å². The maximum Gasteiger partial charge on any atom is 0.209 e. The van der Waals surface area contributed by atoms with Crippen molar-refractivity contribution < 1.29 is 4.79 Å². The van der Waals surface area contributed by atoms with Gasteiger partial charge in [-0.25, -0.2) is 0 Å². The highest BCUT2D eigenvalue weighted by Crippen LogP contribution is 2.66. The third-order valence-electron chi connectivity index (χ3n) is 10.1. The molecule has 4 saturated carbocycles. The first-order valence-electron chi connectivity index (χ1n) is 12.3. The number of hydrogen-bond donors (Lipinski definition) is 0. The third kappa shape index (κ3) is 3.34. The van der Waals surface area contributed by atoms with Gasteiger partial charge in [0.2, 0.25) is 6.41 Å². The monoisotopic (exact) mass is 388 g/mol. The normalized spacial score (nSPS) is 45.2. The van der Waals surface area contributed by atoms with Gasteiger partial charge in [-0.1, -0.05) is 26.7 Å². The highest BCUT2D eigenvalue weighted by atomic mass is 16.1. The highest BCUT2D eigenvalue weighted by molar-refractivity contribution is 5.48. The van der Waals surface area contributed by atoms with Crippen LogP contribution < -0.4 is 0 Å². The van der Waals surface area contributed by atoms with Crippen molar-refractivity contribution in [1.29, 1.82) is 0 Å². The van der Waals surface area contributed by atoms with E-state index in [1.54, 1.807) is 0 Å². The smallest absolute Gasteiger partial charge is 0.209 e. The second kappa shape index (κ2) is 7.93. The van der Waals surface area contributed by atoms with Crippen LogP contribution in [-0.2, 0) is 4.79 Å². The molecular formula is C25H44N2O. The predicted molar refractivity (Wildman–Crippen MR) is 116 cm³/mol. The first-order valence-corrected chi connectivity index (χ1v) is 12.3. The van der Waals surface area contributed by atoms with Gasteiger partial charge in [0.05, 0.1) is 0 Å². The van der Waals surface area contributed by atoms with E-state index in [9.17, 15) is 4.79 Å². The van der Waals surface area contributed by atoms with Crippen LogP contribution in [0.2, 0.25) is 0 Å². The molecule has 1 amide bonds. The average Bonchev–Trinajstić information content (AvgIpc) is 3.02. The first-order chi connectivity index (χ1) is 13.4. The van der Waals surface area contributed by atoms with Crippen molar-refractivity contribution in [3.8, 4) is 0 Å². The Morgan fingerprint density at radius 1 is 0.857 bits per heavy atom. The van der Waals surface area contributed by atoms with Crippen molar-refractivity contribution in [2.24, 2.45) is 34.5 Å². The summed E-state index contributed by atoms with van der Waals surface area (Å²) >= 11 is 0. The Labute approximate surface area is 173 Å². The largest absolute Gasteiger partial charge is 0.342 e. The van der Waals surface area contributed by atoms with E-state index in [0.717, 1.165) is 43.2 Å². The van der Waals surface area contributed by atoms with E-state index in [1.165, 1.54) is 70.6 Å². The van der Waals surface area contributed by atoms with E-state index in [1.807, 2.05) is 0 Å². The van der Waals surface area contributed by atoms with Crippen molar-refractivity contribution in [3.63, 3.8) is 0 Å². The van der Waals surface area contributed by atoms with Crippen molar-refractivity contribution in [2.45, 2.75) is 90.5 Å². The summed E-state index contributed by atoms with van der Waals surface area (Å²) in [5, 5.41) is 0.